The van der Waals surface area contributed by atoms with Crippen LogP contribution in [0.3, 0.4) is 0 Å². The van der Waals surface area contributed by atoms with Gasteiger partial charge < -0.3 is 5.32 Å². The maximum Gasteiger partial charge on any atom is 0.0403 e. The second-order valence-corrected chi connectivity index (χ2v) is 5.11. The molecule has 0 bridgehead atoms. The van der Waals surface area contributed by atoms with E-state index in [9.17, 15) is 0 Å². The molecule has 0 rings (SSSR count). The summed E-state index contributed by atoms with van der Waals surface area (Å²) in [5.74, 6) is 1.52. The Morgan fingerprint density at radius 3 is 2.33 bits per heavy atom. The molecule has 0 radical (unpaired) electrons. The van der Waals surface area contributed by atoms with Crippen LogP contribution in [0.4, 0.5) is 0 Å². The number of hydrogen-bond donors (Lipinski definition) is 1. The summed E-state index contributed by atoms with van der Waals surface area (Å²) in [4.78, 5) is 0. The van der Waals surface area contributed by atoms with Crippen LogP contribution in [0.5, 0.6) is 0 Å². The van der Waals surface area contributed by atoms with Crippen LogP contribution in [-0.4, -0.2) is 18.0 Å². The second-order valence-electron chi connectivity index (χ2n) is 4.85. The molecular weight excluding hydrogens is 206 g/mol. The Labute approximate surface area is 101 Å². The van der Waals surface area contributed by atoms with E-state index in [4.69, 9.17) is 11.6 Å². The third kappa shape index (κ3) is 6.42. The van der Waals surface area contributed by atoms with Gasteiger partial charge in [-0.1, -0.05) is 40.0 Å². The summed E-state index contributed by atoms with van der Waals surface area (Å²) in [7, 11) is 0. The van der Waals surface area contributed by atoms with E-state index >= 15 is 0 Å². The lowest BCUT2D eigenvalue weighted by Gasteiger charge is -2.29. The summed E-state index contributed by atoms with van der Waals surface area (Å²) in [6, 6.07) is 0. The normalized spacial score (nSPS) is 17.4. The lowest BCUT2D eigenvalue weighted by atomic mass is 9.96. The van der Waals surface area contributed by atoms with Gasteiger partial charge in [0.1, 0.15) is 0 Å². The third-order valence-electron chi connectivity index (χ3n) is 3.44. The van der Waals surface area contributed by atoms with Gasteiger partial charge in [-0.3, -0.25) is 0 Å². The lowest BCUT2D eigenvalue weighted by molar-refractivity contribution is 0.324. The molecule has 0 fully saturated rings. The smallest absolute Gasteiger partial charge is 0.0403 e. The van der Waals surface area contributed by atoms with Crippen LogP contribution in [-0.2, 0) is 0 Å². The third-order valence-corrected chi connectivity index (χ3v) is 4.03. The van der Waals surface area contributed by atoms with Gasteiger partial charge in [0.25, 0.3) is 0 Å². The van der Waals surface area contributed by atoms with Gasteiger partial charge >= 0.3 is 0 Å². The summed E-state index contributed by atoms with van der Waals surface area (Å²) in [6.45, 7) is 10.1. The van der Waals surface area contributed by atoms with Gasteiger partial charge in [-0.2, -0.15) is 0 Å². The lowest BCUT2D eigenvalue weighted by Crippen LogP contribution is -2.45. The molecule has 0 aromatic carbocycles. The van der Waals surface area contributed by atoms with E-state index in [-0.39, 0.29) is 5.54 Å². The Kier molecular flexibility index (Phi) is 8.55. The molecule has 15 heavy (non-hydrogen) atoms. The topological polar surface area (TPSA) is 12.0 Å². The van der Waals surface area contributed by atoms with Crippen LogP contribution in [0.15, 0.2) is 0 Å². The van der Waals surface area contributed by atoms with Crippen molar-refractivity contribution in [1.29, 1.82) is 0 Å². The monoisotopic (exact) mass is 233 g/mol. The van der Waals surface area contributed by atoms with Gasteiger partial charge in [0, 0.05) is 11.4 Å². The largest absolute Gasteiger partial charge is 0.310 e. The SMILES string of the molecule is CCCCC(CC)CNC(C)(CC)CCl. The van der Waals surface area contributed by atoms with E-state index in [1.807, 2.05) is 0 Å². The molecule has 0 amide bonds. The molecule has 0 saturated heterocycles. The maximum atomic E-state index is 5.98. The summed E-state index contributed by atoms with van der Waals surface area (Å²) in [5.41, 5.74) is 0.126. The van der Waals surface area contributed by atoms with Crippen molar-refractivity contribution in [1.82, 2.24) is 5.32 Å². The minimum atomic E-state index is 0.126. The van der Waals surface area contributed by atoms with Gasteiger partial charge in [0.15, 0.2) is 0 Å². The Bertz CT molecular complexity index is 143. The van der Waals surface area contributed by atoms with Crippen molar-refractivity contribution in [2.24, 2.45) is 5.92 Å². The first-order valence-electron chi connectivity index (χ1n) is 6.42. The molecule has 2 unspecified atom stereocenters. The fraction of sp³-hybridized carbons (Fsp3) is 1.00. The van der Waals surface area contributed by atoms with Crippen LogP contribution in [0.1, 0.15) is 59.8 Å². The molecule has 0 aromatic heterocycles. The molecule has 0 heterocycles. The van der Waals surface area contributed by atoms with Crippen LogP contribution < -0.4 is 5.32 Å². The summed E-state index contributed by atoms with van der Waals surface area (Å²) in [5, 5.41) is 3.62. The quantitative estimate of drug-likeness (QED) is 0.589. The molecular formula is C13H28ClN. The highest BCUT2D eigenvalue weighted by molar-refractivity contribution is 6.18. The Hall–Kier alpha value is 0.250. The molecule has 0 aliphatic heterocycles. The molecule has 0 saturated carbocycles. The zero-order valence-corrected chi connectivity index (χ0v) is 11.7. The molecule has 1 nitrogen and oxygen atoms in total. The summed E-state index contributed by atoms with van der Waals surface area (Å²) >= 11 is 5.98. The number of alkyl halides is 1. The highest BCUT2D eigenvalue weighted by Gasteiger charge is 2.20. The van der Waals surface area contributed by atoms with Gasteiger partial charge in [-0.15, -0.1) is 11.6 Å². The first kappa shape index (κ1) is 15.2. The van der Waals surface area contributed by atoms with E-state index in [1.54, 1.807) is 0 Å². The van der Waals surface area contributed by atoms with E-state index in [0.29, 0.717) is 5.88 Å². The molecule has 2 heteroatoms. The molecule has 0 aliphatic carbocycles. The standard InChI is InChI=1S/C13H28ClN/c1-5-8-9-12(6-2)10-15-13(4,7-3)11-14/h12,15H,5-11H2,1-4H3. The van der Waals surface area contributed by atoms with Crippen LogP contribution >= 0.6 is 11.6 Å². The van der Waals surface area contributed by atoms with Crippen molar-refractivity contribution in [2.75, 3.05) is 12.4 Å². The van der Waals surface area contributed by atoms with Crippen molar-refractivity contribution in [3.8, 4) is 0 Å². The number of hydrogen-bond acceptors (Lipinski definition) is 1. The van der Waals surface area contributed by atoms with Crippen molar-refractivity contribution in [2.45, 2.75) is 65.3 Å². The maximum absolute atomic E-state index is 5.98. The van der Waals surface area contributed by atoms with Crippen molar-refractivity contribution in [3.05, 3.63) is 0 Å². The Morgan fingerprint density at radius 2 is 1.93 bits per heavy atom. The zero-order valence-electron chi connectivity index (χ0n) is 10.9. The average molecular weight is 234 g/mol. The van der Waals surface area contributed by atoms with Gasteiger partial charge in [-0.25, -0.2) is 0 Å². The first-order chi connectivity index (χ1) is 7.11. The van der Waals surface area contributed by atoms with Crippen molar-refractivity contribution >= 4 is 11.6 Å². The first-order valence-corrected chi connectivity index (χ1v) is 6.96. The van der Waals surface area contributed by atoms with E-state index < -0.39 is 0 Å². The van der Waals surface area contributed by atoms with Gasteiger partial charge in [-0.05, 0) is 32.2 Å². The summed E-state index contributed by atoms with van der Waals surface area (Å²) < 4.78 is 0. The minimum absolute atomic E-state index is 0.126. The number of unbranched alkanes of at least 4 members (excludes halogenated alkanes) is 1. The molecule has 0 aliphatic rings. The number of rotatable bonds is 9. The minimum Gasteiger partial charge on any atom is -0.310 e. The van der Waals surface area contributed by atoms with Crippen LogP contribution in [0.2, 0.25) is 0 Å². The van der Waals surface area contributed by atoms with E-state index in [2.05, 4.69) is 33.0 Å². The van der Waals surface area contributed by atoms with Crippen molar-refractivity contribution in [3.63, 3.8) is 0 Å². The second kappa shape index (κ2) is 8.41. The fourth-order valence-corrected chi connectivity index (χ4v) is 1.88. The molecule has 0 spiro atoms. The predicted molar refractivity (Wildman–Crippen MR) is 70.7 cm³/mol. The molecule has 92 valence electrons. The van der Waals surface area contributed by atoms with Crippen molar-refractivity contribution < 1.29 is 0 Å². The highest BCUT2D eigenvalue weighted by atomic mass is 35.5. The van der Waals surface area contributed by atoms with E-state index in [0.717, 1.165) is 18.9 Å². The Balaban J connectivity index is 3.87. The molecule has 0 aromatic rings. The van der Waals surface area contributed by atoms with Crippen LogP contribution in [0.25, 0.3) is 0 Å². The summed E-state index contributed by atoms with van der Waals surface area (Å²) in [6.07, 6.45) is 6.37. The molecule has 2 atom stereocenters. The highest BCUT2D eigenvalue weighted by Crippen LogP contribution is 2.16. The fourth-order valence-electron chi connectivity index (χ4n) is 1.60. The molecule has 1 N–H and O–H groups in total. The van der Waals surface area contributed by atoms with E-state index in [1.165, 1.54) is 25.7 Å². The van der Waals surface area contributed by atoms with Gasteiger partial charge in [0.2, 0.25) is 0 Å². The average Bonchev–Trinajstić information content (AvgIpc) is 2.29. The van der Waals surface area contributed by atoms with Gasteiger partial charge in [0.05, 0.1) is 0 Å². The van der Waals surface area contributed by atoms with Crippen LogP contribution in [0, 0.1) is 5.92 Å². The zero-order chi connectivity index (χ0) is 11.7. The Morgan fingerprint density at radius 1 is 1.27 bits per heavy atom. The number of halogens is 1. The number of nitrogens with one attached hydrogen (secondary N) is 1. The predicted octanol–water partition coefficient (Wildman–Crippen LogP) is 4.20.